The maximum atomic E-state index is 11.4. The molecule has 4 nitrogen and oxygen atoms in total. The summed E-state index contributed by atoms with van der Waals surface area (Å²) in [6, 6.07) is 1.70. The number of carbonyl (C=O) groups excluding carboxylic acids is 1. The van der Waals surface area contributed by atoms with E-state index in [0.29, 0.717) is 10.3 Å². The van der Waals surface area contributed by atoms with Crippen LogP contribution in [0.1, 0.15) is 10.5 Å². The predicted molar refractivity (Wildman–Crippen MR) is 48.9 cm³/mol. The van der Waals surface area contributed by atoms with Crippen LogP contribution in [0.25, 0.3) is 0 Å². The second kappa shape index (κ2) is 3.26. The lowest BCUT2D eigenvalue weighted by Crippen LogP contribution is -2.24. The number of carbonyl (C=O) groups is 1. The summed E-state index contributed by atoms with van der Waals surface area (Å²) in [4.78, 5) is 12.9. The molecule has 0 spiro atoms. The monoisotopic (exact) mass is 231 g/mol. The third-order valence-corrected chi connectivity index (χ3v) is 1.86. The van der Waals surface area contributed by atoms with E-state index >= 15 is 0 Å². The molecule has 12 heavy (non-hydrogen) atoms. The van der Waals surface area contributed by atoms with Gasteiger partial charge in [0.2, 0.25) is 0 Å². The van der Waals surface area contributed by atoms with E-state index in [1.54, 1.807) is 31.9 Å². The molecule has 0 aliphatic rings. The molecule has 0 atom stereocenters. The second-order valence-electron chi connectivity index (χ2n) is 2.68. The Morgan fingerprint density at radius 1 is 1.67 bits per heavy atom. The molecular weight excluding hydrogens is 222 g/mol. The Labute approximate surface area is 79.3 Å². The minimum Gasteiger partial charge on any atom is -0.343 e. The zero-order chi connectivity index (χ0) is 9.30. The minimum atomic E-state index is -0.0456. The molecule has 66 valence electrons. The Morgan fingerprint density at radius 3 is 2.58 bits per heavy atom. The molecule has 0 saturated heterocycles. The summed E-state index contributed by atoms with van der Waals surface area (Å²) in [7, 11) is 5.16. The van der Waals surface area contributed by atoms with Gasteiger partial charge in [0.15, 0.2) is 0 Å². The van der Waals surface area contributed by atoms with Crippen molar-refractivity contribution in [2.75, 3.05) is 14.1 Å². The summed E-state index contributed by atoms with van der Waals surface area (Å²) in [5, 5.41) is 4.00. The molecule has 0 aliphatic heterocycles. The highest BCUT2D eigenvalue weighted by Crippen LogP contribution is 2.10. The number of hydrogen-bond donors (Lipinski definition) is 0. The molecular formula is C7H10BrN3O. The van der Waals surface area contributed by atoms with E-state index in [0.717, 1.165) is 0 Å². The molecule has 0 N–H and O–H groups in total. The fourth-order valence-electron chi connectivity index (χ4n) is 0.862. The van der Waals surface area contributed by atoms with Crippen LogP contribution in [0.3, 0.4) is 0 Å². The van der Waals surface area contributed by atoms with Crippen LogP contribution in [0.5, 0.6) is 0 Å². The fraction of sp³-hybridized carbons (Fsp3) is 0.429. The van der Waals surface area contributed by atoms with Gasteiger partial charge in [-0.1, -0.05) is 0 Å². The maximum absolute atomic E-state index is 11.4. The number of nitrogens with zero attached hydrogens (tertiary/aromatic N) is 3. The van der Waals surface area contributed by atoms with E-state index in [4.69, 9.17) is 0 Å². The van der Waals surface area contributed by atoms with Crippen LogP contribution in [-0.2, 0) is 7.05 Å². The molecule has 0 aromatic carbocycles. The summed E-state index contributed by atoms with van der Waals surface area (Å²) in [6.45, 7) is 0. The second-order valence-corrected chi connectivity index (χ2v) is 3.49. The van der Waals surface area contributed by atoms with Gasteiger partial charge in [-0.25, -0.2) is 0 Å². The average Bonchev–Trinajstić information content (AvgIpc) is 2.28. The number of hydrogen-bond acceptors (Lipinski definition) is 2. The predicted octanol–water partition coefficient (Wildman–Crippen LogP) is 0.884. The first-order valence-electron chi connectivity index (χ1n) is 3.43. The number of rotatable bonds is 1. The van der Waals surface area contributed by atoms with Crippen LogP contribution in [0, 0.1) is 0 Å². The van der Waals surface area contributed by atoms with E-state index in [1.807, 2.05) is 0 Å². The minimum absolute atomic E-state index is 0.0456. The van der Waals surface area contributed by atoms with Crippen molar-refractivity contribution >= 4 is 21.8 Å². The smallest absolute Gasteiger partial charge is 0.271 e. The Bertz CT molecular complexity index is 306. The summed E-state index contributed by atoms with van der Waals surface area (Å²) in [6.07, 6.45) is 0. The highest BCUT2D eigenvalue weighted by atomic mass is 79.9. The largest absolute Gasteiger partial charge is 0.343 e. The zero-order valence-corrected chi connectivity index (χ0v) is 8.79. The normalized spacial score (nSPS) is 10.0. The molecule has 0 unspecified atom stereocenters. The summed E-state index contributed by atoms with van der Waals surface area (Å²) in [5.74, 6) is -0.0456. The van der Waals surface area contributed by atoms with Gasteiger partial charge in [-0.15, -0.1) is 0 Å². The van der Waals surface area contributed by atoms with Gasteiger partial charge in [0.1, 0.15) is 10.3 Å². The first-order chi connectivity index (χ1) is 5.52. The Morgan fingerprint density at radius 2 is 2.25 bits per heavy atom. The molecule has 1 amide bonds. The van der Waals surface area contributed by atoms with Gasteiger partial charge in [0, 0.05) is 27.2 Å². The topological polar surface area (TPSA) is 38.1 Å². The van der Waals surface area contributed by atoms with Crippen molar-refractivity contribution in [2.24, 2.45) is 7.05 Å². The highest BCUT2D eigenvalue weighted by molar-refractivity contribution is 9.10. The quantitative estimate of drug-likeness (QED) is 0.720. The molecule has 1 heterocycles. The van der Waals surface area contributed by atoms with Crippen molar-refractivity contribution in [1.82, 2.24) is 14.7 Å². The van der Waals surface area contributed by atoms with Gasteiger partial charge in [-0.05, 0) is 15.9 Å². The molecule has 1 rings (SSSR count). The van der Waals surface area contributed by atoms with Crippen molar-refractivity contribution in [3.63, 3.8) is 0 Å². The van der Waals surface area contributed by atoms with Gasteiger partial charge >= 0.3 is 0 Å². The SMILES string of the molecule is CN(C)C(=O)c1cc(Br)nn1C. The molecule has 0 saturated carbocycles. The number of aryl methyl sites for hydroxylation is 1. The Hall–Kier alpha value is -0.840. The lowest BCUT2D eigenvalue weighted by Gasteiger charge is -2.09. The fourth-order valence-corrected chi connectivity index (χ4v) is 1.32. The van der Waals surface area contributed by atoms with Gasteiger partial charge < -0.3 is 4.90 Å². The van der Waals surface area contributed by atoms with Crippen LogP contribution in [0.15, 0.2) is 10.7 Å². The van der Waals surface area contributed by atoms with Crippen molar-refractivity contribution in [3.05, 3.63) is 16.4 Å². The summed E-state index contributed by atoms with van der Waals surface area (Å²) < 4.78 is 2.22. The Balaban J connectivity index is 3.02. The standard InChI is InChI=1S/C7H10BrN3O/c1-10(2)7(12)5-4-6(8)9-11(5)3/h4H,1-3H3. The average molecular weight is 232 g/mol. The maximum Gasteiger partial charge on any atom is 0.271 e. The first-order valence-corrected chi connectivity index (χ1v) is 4.23. The third-order valence-electron chi connectivity index (χ3n) is 1.48. The zero-order valence-electron chi connectivity index (χ0n) is 7.21. The van der Waals surface area contributed by atoms with E-state index in [9.17, 15) is 4.79 Å². The number of amides is 1. The van der Waals surface area contributed by atoms with Crippen molar-refractivity contribution in [3.8, 4) is 0 Å². The number of halogens is 1. The van der Waals surface area contributed by atoms with E-state index in [1.165, 1.54) is 4.90 Å². The van der Waals surface area contributed by atoms with Gasteiger partial charge in [-0.2, -0.15) is 5.10 Å². The van der Waals surface area contributed by atoms with Crippen LogP contribution >= 0.6 is 15.9 Å². The molecule has 1 aromatic heterocycles. The molecule has 5 heteroatoms. The lowest BCUT2D eigenvalue weighted by atomic mass is 10.4. The summed E-state index contributed by atoms with van der Waals surface area (Å²) in [5.41, 5.74) is 0.576. The van der Waals surface area contributed by atoms with E-state index < -0.39 is 0 Å². The van der Waals surface area contributed by atoms with Gasteiger partial charge in [-0.3, -0.25) is 9.48 Å². The van der Waals surface area contributed by atoms with Crippen molar-refractivity contribution in [2.45, 2.75) is 0 Å². The first kappa shape index (κ1) is 9.25. The van der Waals surface area contributed by atoms with Crippen molar-refractivity contribution < 1.29 is 4.79 Å². The van der Waals surface area contributed by atoms with Crippen molar-refractivity contribution in [1.29, 1.82) is 0 Å². The van der Waals surface area contributed by atoms with Crippen LogP contribution < -0.4 is 0 Å². The lowest BCUT2D eigenvalue weighted by molar-refractivity contribution is 0.0817. The van der Waals surface area contributed by atoms with Crippen LogP contribution in [0.2, 0.25) is 0 Å². The molecule has 0 radical (unpaired) electrons. The number of aromatic nitrogens is 2. The van der Waals surface area contributed by atoms with E-state index in [-0.39, 0.29) is 5.91 Å². The third kappa shape index (κ3) is 1.66. The van der Waals surface area contributed by atoms with Crippen LogP contribution in [-0.4, -0.2) is 34.7 Å². The molecule has 0 aliphatic carbocycles. The molecule has 0 fully saturated rings. The van der Waals surface area contributed by atoms with Gasteiger partial charge in [0.05, 0.1) is 0 Å². The van der Waals surface area contributed by atoms with E-state index in [2.05, 4.69) is 21.0 Å². The molecule has 1 aromatic rings. The molecule has 0 bridgehead atoms. The van der Waals surface area contributed by atoms with Crippen LogP contribution in [0.4, 0.5) is 0 Å². The summed E-state index contributed by atoms with van der Waals surface area (Å²) >= 11 is 3.20. The highest BCUT2D eigenvalue weighted by Gasteiger charge is 2.13. The Kier molecular flexibility index (Phi) is 2.52. The van der Waals surface area contributed by atoms with Gasteiger partial charge in [0.25, 0.3) is 5.91 Å².